The Hall–Kier alpha value is -1.70. The zero-order valence-electron chi connectivity index (χ0n) is 14.0. The van der Waals surface area contributed by atoms with Crippen molar-refractivity contribution in [3.63, 3.8) is 0 Å². The number of carboxylic acid groups (broad SMARTS) is 1. The molecule has 1 N–H and O–H groups in total. The number of benzene rings is 1. The molecule has 0 radical (unpaired) electrons. The number of aliphatic carboxylic acids is 1. The van der Waals surface area contributed by atoms with Crippen LogP contribution < -0.4 is 0 Å². The number of thiophene rings is 2. The molecule has 3 aromatic rings. The van der Waals surface area contributed by atoms with Crippen LogP contribution in [-0.2, 0) is 19.4 Å². The van der Waals surface area contributed by atoms with Crippen LogP contribution in [0.25, 0.3) is 20.5 Å². The minimum absolute atomic E-state index is 0.0639. The molecular formula is C19H18O4S3. The van der Waals surface area contributed by atoms with E-state index in [1.54, 1.807) is 11.3 Å². The third-order valence-electron chi connectivity index (χ3n) is 5.07. The number of rotatable bonds is 4. The number of hydrogen-bond donors (Lipinski definition) is 1. The maximum atomic E-state index is 12.9. The summed E-state index contributed by atoms with van der Waals surface area (Å²) in [6.07, 6.45) is 1.36. The molecule has 136 valence electrons. The molecule has 1 fully saturated rings. The van der Waals surface area contributed by atoms with E-state index in [-0.39, 0.29) is 12.2 Å². The Morgan fingerprint density at radius 3 is 2.77 bits per heavy atom. The van der Waals surface area contributed by atoms with Crippen LogP contribution in [0.3, 0.4) is 0 Å². The average Bonchev–Trinajstić information content (AvgIpc) is 3.24. The molecule has 0 spiro atoms. The lowest BCUT2D eigenvalue weighted by atomic mass is 9.95. The van der Waals surface area contributed by atoms with Crippen molar-refractivity contribution in [2.24, 2.45) is 0 Å². The molecule has 7 heteroatoms. The highest BCUT2D eigenvalue weighted by atomic mass is 32.2. The second-order valence-electron chi connectivity index (χ2n) is 6.68. The van der Waals surface area contributed by atoms with Gasteiger partial charge in [-0.1, -0.05) is 12.5 Å². The van der Waals surface area contributed by atoms with Gasteiger partial charge in [-0.2, -0.15) is 0 Å². The van der Waals surface area contributed by atoms with Gasteiger partial charge in [0.15, 0.2) is 9.84 Å². The third kappa shape index (κ3) is 2.88. The molecule has 1 unspecified atom stereocenters. The first-order valence-corrected chi connectivity index (χ1v) is 11.8. The number of fused-ring (bicyclic) bond motifs is 1. The summed E-state index contributed by atoms with van der Waals surface area (Å²) in [5.74, 6) is -1.00. The summed E-state index contributed by atoms with van der Waals surface area (Å²) >= 11 is 3.09. The van der Waals surface area contributed by atoms with Crippen LogP contribution >= 0.6 is 22.7 Å². The van der Waals surface area contributed by atoms with E-state index in [1.807, 2.05) is 23.6 Å². The third-order valence-corrected chi connectivity index (χ3v) is 10.0. The van der Waals surface area contributed by atoms with Gasteiger partial charge < -0.3 is 5.11 Å². The number of hydrogen-bond acceptors (Lipinski definition) is 5. The fourth-order valence-corrected chi connectivity index (χ4v) is 8.26. The summed E-state index contributed by atoms with van der Waals surface area (Å²) in [7, 11) is -3.50. The van der Waals surface area contributed by atoms with Gasteiger partial charge in [0.1, 0.15) is 4.75 Å². The lowest BCUT2D eigenvalue weighted by molar-refractivity contribution is -0.137. The van der Waals surface area contributed by atoms with Gasteiger partial charge in [-0.15, -0.1) is 22.7 Å². The normalized spacial score (nSPS) is 22.5. The molecule has 3 heterocycles. The van der Waals surface area contributed by atoms with E-state index in [0.717, 1.165) is 22.2 Å². The molecule has 0 bridgehead atoms. The molecule has 1 aliphatic rings. The number of carboxylic acids is 1. The van der Waals surface area contributed by atoms with Crippen molar-refractivity contribution in [1.29, 1.82) is 0 Å². The van der Waals surface area contributed by atoms with Gasteiger partial charge in [-0.25, -0.2) is 8.42 Å². The molecule has 4 rings (SSSR count). The minimum Gasteiger partial charge on any atom is -0.481 e. The van der Waals surface area contributed by atoms with E-state index in [9.17, 15) is 18.3 Å². The maximum absolute atomic E-state index is 12.9. The monoisotopic (exact) mass is 406 g/mol. The first-order chi connectivity index (χ1) is 12.4. The van der Waals surface area contributed by atoms with Crippen LogP contribution in [0, 0.1) is 0 Å². The van der Waals surface area contributed by atoms with Gasteiger partial charge in [0.05, 0.1) is 12.2 Å². The van der Waals surface area contributed by atoms with E-state index in [2.05, 4.69) is 18.2 Å². The van der Waals surface area contributed by atoms with E-state index in [4.69, 9.17) is 0 Å². The summed E-state index contributed by atoms with van der Waals surface area (Å²) in [5, 5.41) is 12.6. The molecule has 26 heavy (non-hydrogen) atoms. The second-order valence-corrected chi connectivity index (χ2v) is 11.1. The van der Waals surface area contributed by atoms with Gasteiger partial charge >= 0.3 is 5.97 Å². The highest BCUT2D eigenvalue weighted by Gasteiger charge is 2.49. The fourth-order valence-electron chi connectivity index (χ4n) is 3.72. The standard InChI is InChI=1S/C19H18O4S3/c20-18(21)12-19(8-1-2-10-26(19,22)23)17-6-5-16(25-17)13-3-4-15-14(11-13)7-9-24-15/h3-7,9,11H,1-2,8,10,12H2,(H,20,21). The zero-order valence-corrected chi connectivity index (χ0v) is 16.4. The smallest absolute Gasteiger partial charge is 0.305 e. The lowest BCUT2D eigenvalue weighted by Gasteiger charge is -2.34. The molecule has 0 aliphatic carbocycles. The van der Waals surface area contributed by atoms with E-state index >= 15 is 0 Å². The summed E-state index contributed by atoms with van der Waals surface area (Å²) < 4.78 is 25.7. The van der Waals surface area contributed by atoms with Crippen molar-refractivity contribution in [2.45, 2.75) is 30.4 Å². The molecular weight excluding hydrogens is 388 g/mol. The highest BCUT2D eigenvalue weighted by Crippen LogP contribution is 2.47. The number of sulfone groups is 1. The van der Waals surface area contributed by atoms with Crippen LogP contribution in [0.1, 0.15) is 30.6 Å². The van der Waals surface area contributed by atoms with Crippen LogP contribution in [0.2, 0.25) is 0 Å². The second kappa shape index (κ2) is 6.48. The topological polar surface area (TPSA) is 71.4 Å². The van der Waals surface area contributed by atoms with Crippen molar-refractivity contribution in [1.82, 2.24) is 0 Å². The first-order valence-electron chi connectivity index (χ1n) is 8.43. The fraction of sp³-hybridized carbons (Fsp3) is 0.316. The predicted molar refractivity (Wildman–Crippen MR) is 107 cm³/mol. The Kier molecular flexibility index (Phi) is 4.41. The average molecular weight is 407 g/mol. The SMILES string of the molecule is O=C(O)CC1(c2ccc(-c3ccc4sccc4c3)s2)CCCCS1(=O)=O. The van der Waals surface area contributed by atoms with Gasteiger partial charge in [0, 0.05) is 14.5 Å². The Morgan fingerprint density at radius 1 is 1.15 bits per heavy atom. The summed E-state index contributed by atoms with van der Waals surface area (Å²) in [4.78, 5) is 13.1. The molecule has 1 saturated heterocycles. The Morgan fingerprint density at radius 2 is 2.00 bits per heavy atom. The molecule has 1 aromatic carbocycles. The van der Waals surface area contributed by atoms with Crippen LogP contribution in [0.5, 0.6) is 0 Å². The number of carbonyl (C=O) groups is 1. The van der Waals surface area contributed by atoms with Gasteiger partial charge in [-0.05, 0) is 59.5 Å². The van der Waals surface area contributed by atoms with Crippen LogP contribution in [0.4, 0.5) is 0 Å². The van der Waals surface area contributed by atoms with E-state index in [0.29, 0.717) is 17.7 Å². The first kappa shape index (κ1) is 17.7. The maximum Gasteiger partial charge on any atom is 0.305 e. The molecule has 1 aliphatic heterocycles. The molecule has 0 amide bonds. The predicted octanol–water partition coefficient (Wildman–Crippen LogP) is 4.90. The Balaban J connectivity index is 1.80. The largest absolute Gasteiger partial charge is 0.481 e. The molecule has 4 nitrogen and oxygen atoms in total. The van der Waals surface area contributed by atoms with Crippen molar-refractivity contribution < 1.29 is 18.3 Å². The quantitative estimate of drug-likeness (QED) is 0.669. The lowest BCUT2D eigenvalue weighted by Crippen LogP contribution is -2.41. The highest BCUT2D eigenvalue weighted by molar-refractivity contribution is 7.92. The summed E-state index contributed by atoms with van der Waals surface area (Å²) in [6.45, 7) is 0. The molecule has 1 atom stereocenters. The van der Waals surface area contributed by atoms with Gasteiger partial charge in [0.2, 0.25) is 0 Å². The minimum atomic E-state index is -3.50. The van der Waals surface area contributed by atoms with Crippen LogP contribution in [0.15, 0.2) is 41.8 Å². The van der Waals surface area contributed by atoms with E-state index < -0.39 is 20.6 Å². The van der Waals surface area contributed by atoms with Crippen molar-refractivity contribution in [3.8, 4) is 10.4 Å². The molecule has 2 aromatic heterocycles. The zero-order chi connectivity index (χ0) is 18.4. The molecule has 0 saturated carbocycles. The Bertz CT molecular complexity index is 1080. The van der Waals surface area contributed by atoms with Crippen molar-refractivity contribution in [3.05, 3.63) is 46.7 Å². The Labute approximate surface area is 160 Å². The van der Waals surface area contributed by atoms with Crippen molar-refractivity contribution in [2.75, 3.05) is 5.75 Å². The van der Waals surface area contributed by atoms with Gasteiger partial charge in [-0.3, -0.25) is 4.79 Å². The summed E-state index contributed by atoms with van der Waals surface area (Å²) in [5.41, 5.74) is 1.03. The van der Waals surface area contributed by atoms with Crippen molar-refractivity contribution >= 4 is 48.6 Å². The van der Waals surface area contributed by atoms with E-state index in [1.165, 1.54) is 16.0 Å². The summed E-state index contributed by atoms with van der Waals surface area (Å²) in [6, 6.07) is 12.0. The van der Waals surface area contributed by atoms with Crippen LogP contribution in [-0.4, -0.2) is 25.2 Å². The van der Waals surface area contributed by atoms with Gasteiger partial charge in [0.25, 0.3) is 0 Å².